The smallest absolute Gasteiger partial charge is 0.269 e. The normalized spacial score (nSPS) is 16.0. The molecule has 0 bridgehead atoms. The van der Waals surface area contributed by atoms with Crippen LogP contribution < -0.4 is 9.64 Å². The highest BCUT2D eigenvalue weighted by atomic mass is 32.2. The zero-order valence-corrected chi connectivity index (χ0v) is 21.0. The lowest BCUT2D eigenvalue weighted by molar-refractivity contribution is 0.122. The van der Waals surface area contributed by atoms with Gasteiger partial charge in [-0.3, -0.25) is 0 Å². The number of pyridine rings is 1. The van der Waals surface area contributed by atoms with E-state index in [1.165, 1.54) is 10.2 Å². The van der Waals surface area contributed by atoms with Crippen molar-refractivity contribution in [3.63, 3.8) is 0 Å². The molecule has 2 aliphatic rings. The molecular formula is C28H26N4O4S. The Bertz CT molecular complexity index is 1580. The largest absolute Gasteiger partial charge is 0.491 e. The van der Waals surface area contributed by atoms with Gasteiger partial charge >= 0.3 is 0 Å². The molecule has 1 saturated carbocycles. The number of anilines is 1. The monoisotopic (exact) mass is 514 g/mol. The number of hydrogen-bond donors (Lipinski definition) is 0. The molecule has 1 aliphatic heterocycles. The quantitative estimate of drug-likeness (QED) is 0.360. The van der Waals surface area contributed by atoms with Crippen molar-refractivity contribution >= 4 is 26.7 Å². The van der Waals surface area contributed by atoms with Gasteiger partial charge in [-0.25, -0.2) is 17.4 Å². The molecular weight excluding hydrogens is 488 g/mol. The summed E-state index contributed by atoms with van der Waals surface area (Å²) in [6.07, 6.45) is 3.59. The van der Waals surface area contributed by atoms with Crippen LogP contribution in [0.3, 0.4) is 0 Å². The maximum Gasteiger partial charge on any atom is 0.269 e. The van der Waals surface area contributed by atoms with E-state index in [0.29, 0.717) is 42.6 Å². The van der Waals surface area contributed by atoms with Crippen molar-refractivity contribution in [3.8, 4) is 23.1 Å². The zero-order valence-electron chi connectivity index (χ0n) is 20.2. The predicted octanol–water partition coefficient (Wildman–Crippen LogP) is 4.44. The molecule has 2 fully saturated rings. The molecule has 37 heavy (non-hydrogen) atoms. The van der Waals surface area contributed by atoms with Gasteiger partial charge in [-0.1, -0.05) is 30.3 Å². The van der Waals surface area contributed by atoms with Crippen molar-refractivity contribution in [2.45, 2.75) is 17.7 Å². The zero-order chi connectivity index (χ0) is 25.4. The van der Waals surface area contributed by atoms with Gasteiger partial charge in [0, 0.05) is 18.8 Å². The molecule has 0 spiro atoms. The minimum absolute atomic E-state index is 0.158. The number of rotatable bonds is 7. The number of morpholine rings is 1. The Hall–Kier alpha value is -3.87. The molecule has 1 aliphatic carbocycles. The standard InChI is InChI=1S/C28H26N4O4S/c29-17-22-18-30-28-25(27(22)36-19-20-6-7-20)16-26(32(28)37(33,34)24-4-2-1-3-5-24)21-8-10-23(11-9-21)31-12-14-35-15-13-31/h1-5,8-11,16,18,20H,6-7,12-15,19H2. The van der Waals surface area contributed by atoms with Crippen LogP contribution in [-0.2, 0) is 14.8 Å². The van der Waals surface area contributed by atoms with Crippen LogP contribution in [0, 0.1) is 17.2 Å². The number of ether oxygens (including phenoxy) is 2. The first-order chi connectivity index (χ1) is 18.1. The first kappa shape index (κ1) is 23.5. The van der Waals surface area contributed by atoms with Crippen LogP contribution in [0.5, 0.6) is 5.75 Å². The van der Waals surface area contributed by atoms with E-state index in [1.807, 2.05) is 24.3 Å². The average molecular weight is 515 g/mol. The van der Waals surface area contributed by atoms with Gasteiger partial charge < -0.3 is 14.4 Å². The van der Waals surface area contributed by atoms with Gasteiger partial charge in [0.1, 0.15) is 17.4 Å². The Kier molecular flexibility index (Phi) is 6.07. The molecule has 0 radical (unpaired) electrons. The molecule has 0 atom stereocenters. The number of fused-ring (bicyclic) bond motifs is 1. The summed E-state index contributed by atoms with van der Waals surface area (Å²) < 4.78 is 40.7. The van der Waals surface area contributed by atoms with Crippen LogP contribution >= 0.6 is 0 Å². The van der Waals surface area contributed by atoms with E-state index in [9.17, 15) is 13.7 Å². The molecule has 8 nitrogen and oxygen atoms in total. The van der Waals surface area contributed by atoms with Gasteiger partial charge in [0.05, 0.1) is 42.0 Å². The number of aromatic nitrogens is 2. The van der Waals surface area contributed by atoms with Crippen LogP contribution in [-0.4, -0.2) is 50.3 Å². The molecule has 9 heteroatoms. The fraction of sp³-hybridized carbons (Fsp3) is 0.286. The van der Waals surface area contributed by atoms with E-state index in [-0.39, 0.29) is 16.1 Å². The molecule has 4 aromatic rings. The third-order valence-corrected chi connectivity index (χ3v) is 8.56. The van der Waals surface area contributed by atoms with Crippen molar-refractivity contribution < 1.29 is 17.9 Å². The molecule has 0 N–H and O–H groups in total. The Morgan fingerprint density at radius 3 is 2.46 bits per heavy atom. The summed E-state index contributed by atoms with van der Waals surface area (Å²) in [5.74, 6) is 0.852. The van der Waals surface area contributed by atoms with Crippen LogP contribution in [0.4, 0.5) is 5.69 Å². The van der Waals surface area contributed by atoms with E-state index in [4.69, 9.17) is 9.47 Å². The van der Waals surface area contributed by atoms with Gasteiger partial charge in [-0.2, -0.15) is 5.26 Å². The van der Waals surface area contributed by atoms with Crippen LogP contribution in [0.1, 0.15) is 18.4 Å². The van der Waals surface area contributed by atoms with E-state index in [0.717, 1.165) is 37.2 Å². The van der Waals surface area contributed by atoms with Crippen LogP contribution in [0.15, 0.2) is 71.8 Å². The Morgan fingerprint density at radius 2 is 1.78 bits per heavy atom. The summed E-state index contributed by atoms with van der Waals surface area (Å²) in [5.41, 5.74) is 2.77. The fourth-order valence-electron chi connectivity index (χ4n) is 4.63. The molecule has 0 unspecified atom stereocenters. The Morgan fingerprint density at radius 1 is 1.05 bits per heavy atom. The SMILES string of the molecule is N#Cc1cnc2c(cc(-c3ccc(N4CCOCC4)cc3)n2S(=O)(=O)c2ccccc2)c1OCC1CC1. The van der Waals surface area contributed by atoms with Crippen molar-refractivity contribution in [1.29, 1.82) is 5.26 Å². The predicted molar refractivity (Wildman–Crippen MR) is 140 cm³/mol. The number of nitrogens with zero attached hydrogens (tertiary/aromatic N) is 4. The van der Waals surface area contributed by atoms with E-state index in [2.05, 4.69) is 16.0 Å². The summed E-state index contributed by atoms with van der Waals surface area (Å²) >= 11 is 0. The van der Waals surface area contributed by atoms with Gasteiger partial charge in [-0.05, 0) is 54.7 Å². The summed E-state index contributed by atoms with van der Waals surface area (Å²) in [6, 6.07) is 20.1. The summed E-state index contributed by atoms with van der Waals surface area (Å²) in [6.45, 7) is 3.48. The lowest BCUT2D eigenvalue weighted by Gasteiger charge is -2.28. The highest BCUT2D eigenvalue weighted by Crippen LogP contribution is 2.39. The minimum atomic E-state index is -4.00. The number of hydrogen-bond acceptors (Lipinski definition) is 7. The minimum Gasteiger partial charge on any atom is -0.491 e. The summed E-state index contributed by atoms with van der Waals surface area (Å²) in [5, 5.41) is 10.2. The summed E-state index contributed by atoms with van der Waals surface area (Å²) in [7, 11) is -4.00. The maximum atomic E-state index is 14.0. The molecule has 3 heterocycles. The lowest BCUT2D eigenvalue weighted by atomic mass is 10.1. The van der Waals surface area contributed by atoms with Crippen molar-refractivity contribution in [2.75, 3.05) is 37.8 Å². The topological polar surface area (TPSA) is 97.5 Å². The highest BCUT2D eigenvalue weighted by molar-refractivity contribution is 7.90. The lowest BCUT2D eigenvalue weighted by Crippen LogP contribution is -2.36. The highest BCUT2D eigenvalue weighted by Gasteiger charge is 2.29. The van der Waals surface area contributed by atoms with Crippen LogP contribution in [0.2, 0.25) is 0 Å². The third kappa shape index (κ3) is 4.43. The third-order valence-electron chi connectivity index (χ3n) is 6.84. The average Bonchev–Trinajstić information content (AvgIpc) is 3.69. The van der Waals surface area contributed by atoms with Crippen molar-refractivity contribution in [2.24, 2.45) is 5.92 Å². The van der Waals surface area contributed by atoms with E-state index >= 15 is 0 Å². The number of benzene rings is 2. The number of nitriles is 1. The first-order valence-electron chi connectivity index (χ1n) is 12.4. The molecule has 1 saturated heterocycles. The molecule has 0 amide bonds. The van der Waals surface area contributed by atoms with Gasteiger partial charge in [0.2, 0.25) is 0 Å². The van der Waals surface area contributed by atoms with Crippen molar-refractivity contribution in [1.82, 2.24) is 8.96 Å². The van der Waals surface area contributed by atoms with Crippen LogP contribution in [0.25, 0.3) is 22.3 Å². The fourth-order valence-corrected chi connectivity index (χ4v) is 6.13. The van der Waals surface area contributed by atoms with Gasteiger partial charge in [-0.15, -0.1) is 0 Å². The second-order valence-corrected chi connectivity index (χ2v) is 11.1. The van der Waals surface area contributed by atoms with Gasteiger partial charge in [0.25, 0.3) is 10.0 Å². The Labute approximate surface area is 215 Å². The van der Waals surface area contributed by atoms with Crippen molar-refractivity contribution in [3.05, 3.63) is 72.4 Å². The molecule has 2 aromatic heterocycles. The second-order valence-electron chi connectivity index (χ2n) is 9.36. The first-order valence-corrected chi connectivity index (χ1v) is 13.8. The molecule has 6 rings (SSSR count). The molecule has 188 valence electrons. The van der Waals surface area contributed by atoms with Gasteiger partial charge in [0.15, 0.2) is 5.65 Å². The molecule has 2 aromatic carbocycles. The van der Waals surface area contributed by atoms with E-state index < -0.39 is 10.0 Å². The Balaban J connectivity index is 1.53. The summed E-state index contributed by atoms with van der Waals surface area (Å²) in [4.78, 5) is 6.85. The maximum absolute atomic E-state index is 14.0. The van der Waals surface area contributed by atoms with E-state index in [1.54, 1.807) is 36.4 Å². The second kappa shape index (κ2) is 9.54.